The van der Waals surface area contributed by atoms with E-state index in [1.807, 2.05) is 54.7 Å². The number of nitrogens with one attached hydrogen (secondary N) is 2. The predicted octanol–water partition coefficient (Wildman–Crippen LogP) is 5.45. The van der Waals surface area contributed by atoms with E-state index in [1.165, 1.54) is 19.2 Å². The van der Waals surface area contributed by atoms with Crippen molar-refractivity contribution in [1.82, 2.24) is 24.5 Å². The molecule has 3 aromatic carbocycles. The van der Waals surface area contributed by atoms with Crippen molar-refractivity contribution >= 4 is 27.6 Å². The van der Waals surface area contributed by atoms with Crippen molar-refractivity contribution < 1.29 is 17.9 Å². The second kappa shape index (κ2) is 13.0. The summed E-state index contributed by atoms with van der Waals surface area (Å²) >= 11 is 6.28. The van der Waals surface area contributed by atoms with Gasteiger partial charge in [0.05, 0.1) is 35.5 Å². The highest BCUT2D eigenvalue weighted by molar-refractivity contribution is 7.89. The average molecular weight is 605 g/mol. The van der Waals surface area contributed by atoms with E-state index in [4.69, 9.17) is 31.2 Å². The van der Waals surface area contributed by atoms with Gasteiger partial charge in [0.2, 0.25) is 16.0 Å². The molecule has 5 aromatic rings. The van der Waals surface area contributed by atoms with Crippen molar-refractivity contribution in [3.63, 3.8) is 0 Å². The lowest BCUT2D eigenvalue weighted by Crippen LogP contribution is -2.26. The number of nitrogens with zero attached hydrogens (tertiary/aromatic N) is 4. The van der Waals surface area contributed by atoms with Crippen LogP contribution in [0.25, 0.3) is 28.2 Å². The van der Waals surface area contributed by atoms with Gasteiger partial charge in [-0.3, -0.25) is 0 Å². The highest BCUT2D eigenvalue weighted by atomic mass is 35.5. The van der Waals surface area contributed by atoms with Crippen LogP contribution in [0.1, 0.15) is 6.42 Å². The van der Waals surface area contributed by atoms with E-state index in [9.17, 15) is 8.42 Å². The van der Waals surface area contributed by atoms with Crippen LogP contribution >= 0.6 is 11.6 Å². The predicted molar refractivity (Wildman–Crippen MR) is 163 cm³/mol. The molecule has 0 fully saturated rings. The molecule has 42 heavy (non-hydrogen) atoms. The van der Waals surface area contributed by atoms with Gasteiger partial charge >= 0.3 is 0 Å². The van der Waals surface area contributed by atoms with E-state index in [-0.39, 0.29) is 11.4 Å². The molecule has 2 aromatic heterocycles. The minimum Gasteiger partial charge on any atom is -0.497 e. The number of anilines is 1. The van der Waals surface area contributed by atoms with Crippen molar-refractivity contribution in [3.05, 3.63) is 96.3 Å². The fourth-order valence-electron chi connectivity index (χ4n) is 4.22. The third-order valence-corrected chi connectivity index (χ3v) is 8.18. The number of rotatable bonds is 12. The van der Waals surface area contributed by atoms with Gasteiger partial charge in [-0.1, -0.05) is 35.9 Å². The number of para-hydroxylation sites is 1. The Hall–Kier alpha value is -4.45. The van der Waals surface area contributed by atoms with Crippen LogP contribution in [0.3, 0.4) is 0 Å². The van der Waals surface area contributed by atoms with Crippen molar-refractivity contribution in [2.45, 2.75) is 11.3 Å². The number of benzene rings is 3. The van der Waals surface area contributed by atoms with Gasteiger partial charge < -0.3 is 14.8 Å². The summed E-state index contributed by atoms with van der Waals surface area (Å²) in [6.45, 7) is 0.701. The van der Waals surface area contributed by atoms with Crippen molar-refractivity contribution in [2.24, 2.45) is 0 Å². The number of hydrogen-bond donors (Lipinski definition) is 2. The van der Waals surface area contributed by atoms with E-state index in [2.05, 4.69) is 15.0 Å². The van der Waals surface area contributed by atoms with Gasteiger partial charge in [-0.2, -0.15) is 5.10 Å². The molecule has 0 aliphatic carbocycles. The van der Waals surface area contributed by atoms with Crippen molar-refractivity contribution in [1.29, 1.82) is 0 Å². The van der Waals surface area contributed by atoms with E-state index in [1.54, 1.807) is 36.2 Å². The largest absolute Gasteiger partial charge is 0.497 e. The van der Waals surface area contributed by atoms with Gasteiger partial charge in [0, 0.05) is 36.6 Å². The molecular weight excluding hydrogens is 576 g/mol. The summed E-state index contributed by atoms with van der Waals surface area (Å²) in [7, 11) is -0.524. The highest BCUT2D eigenvalue weighted by Gasteiger charge is 2.18. The maximum Gasteiger partial charge on any atom is 0.240 e. The number of sulfonamides is 1. The lowest BCUT2D eigenvalue weighted by Gasteiger charge is -2.09. The molecule has 0 bridgehead atoms. The molecular formula is C30H29ClN6O4S. The molecule has 0 saturated heterocycles. The van der Waals surface area contributed by atoms with Gasteiger partial charge in [0.1, 0.15) is 17.2 Å². The van der Waals surface area contributed by atoms with Crippen LogP contribution in [0.2, 0.25) is 5.02 Å². The smallest absolute Gasteiger partial charge is 0.240 e. The monoisotopic (exact) mass is 604 g/mol. The number of aromatic nitrogens is 4. The lowest BCUT2D eigenvalue weighted by atomic mass is 10.1. The molecule has 216 valence electrons. The summed E-state index contributed by atoms with van der Waals surface area (Å²) < 4.78 is 40.1. The van der Waals surface area contributed by atoms with Crippen molar-refractivity contribution in [2.75, 3.05) is 32.6 Å². The Morgan fingerprint density at radius 2 is 1.71 bits per heavy atom. The fraction of sp³-hybridized carbons (Fsp3) is 0.167. The molecule has 0 spiro atoms. The average Bonchev–Trinajstić information content (AvgIpc) is 3.47. The molecule has 0 amide bonds. The van der Waals surface area contributed by atoms with Crippen LogP contribution in [-0.4, -0.2) is 55.5 Å². The maximum atomic E-state index is 12.6. The zero-order chi connectivity index (χ0) is 29.5. The normalized spacial score (nSPS) is 11.3. The van der Waals surface area contributed by atoms with Gasteiger partial charge in [-0.25, -0.2) is 27.8 Å². The fourth-order valence-corrected chi connectivity index (χ4v) is 5.49. The van der Waals surface area contributed by atoms with E-state index in [0.717, 1.165) is 16.8 Å². The standard InChI is InChI=1S/C30H29ClN6O4S/c1-40-23-10-12-24(13-11-23)42(38,39)34-17-6-16-32-30-33-18-15-27(35-30)25-20-37(22-7-4-3-5-8-22)36-29(25)21-9-14-26(31)28(19-21)41-2/h3-5,7-15,18-20,34H,6,16-17H2,1-2H3,(H,32,33,35). The van der Waals surface area contributed by atoms with Crippen LogP contribution in [0, 0.1) is 0 Å². The lowest BCUT2D eigenvalue weighted by molar-refractivity contribution is 0.414. The SMILES string of the molecule is COc1ccc(S(=O)(=O)NCCCNc2nccc(-c3cn(-c4ccccc4)nc3-c3ccc(Cl)c(OC)c3)n2)cc1. The Bertz CT molecular complexity index is 1760. The molecule has 5 rings (SSSR count). The highest BCUT2D eigenvalue weighted by Crippen LogP contribution is 2.35. The van der Waals surface area contributed by atoms with Gasteiger partial charge in [0.25, 0.3) is 0 Å². The maximum absolute atomic E-state index is 12.6. The van der Waals surface area contributed by atoms with Crippen LogP contribution in [0.15, 0.2) is 96.2 Å². The third-order valence-electron chi connectivity index (χ3n) is 6.39. The minimum absolute atomic E-state index is 0.178. The van der Waals surface area contributed by atoms with Gasteiger partial charge in [-0.15, -0.1) is 0 Å². The Morgan fingerprint density at radius 1 is 0.929 bits per heavy atom. The molecule has 2 N–H and O–H groups in total. The first-order valence-corrected chi connectivity index (χ1v) is 14.9. The number of methoxy groups -OCH3 is 2. The molecule has 0 saturated carbocycles. The quantitative estimate of drug-likeness (QED) is 0.180. The van der Waals surface area contributed by atoms with E-state index >= 15 is 0 Å². The molecule has 0 aliphatic heterocycles. The molecule has 0 unspecified atom stereocenters. The zero-order valence-corrected chi connectivity index (χ0v) is 24.6. The topological polar surface area (TPSA) is 120 Å². The Labute approximate surface area is 249 Å². The van der Waals surface area contributed by atoms with Crippen LogP contribution in [-0.2, 0) is 10.0 Å². The Balaban J connectivity index is 1.31. The van der Waals surface area contributed by atoms with Gasteiger partial charge in [-0.05, 0) is 61.0 Å². The van der Waals surface area contributed by atoms with Gasteiger partial charge in [0.15, 0.2) is 0 Å². The summed E-state index contributed by atoms with van der Waals surface area (Å²) in [5.74, 6) is 1.55. The van der Waals surface area contributed by atoms with Crippen molar-refractivity contribution in [3.8, 4) is 39.7 Å². The minimum atomic E-state index is -3.62. The molecule has 0 aliphatic rings. The zero-order valence-electron chi connectivity index (χ0n) is 23.0. The molecule has 12 heteroatoms. The van der Waals surface area contributed by atoms with E-state index < -0.39 is 10.0 Å². The number of hydrogen-bond acceptors (Lipinski definition) is 8. The first-order valence-electron chi connectivity index (χ1n) is 13.1. The summed E-state index contributed by atoms with van der Waals surface area (Å²) in [6, 6.07) is 23.3. The summed E-state index contributed by atoms with van der Waals surface area (Å²) in [4.78, 5) is 9.25. The second-order valence-corrected chi connectivity index (χ2v) is 11.3. The Morgan fingerprint density at radius 3 is 2.45 bits per heavy atom. The van der Waals surface area contributed by atoms with Crippen LogP contribution in [0.5, 0.6) is 11.5 Å². The molecule has 10 nitrogen and oxygen atoms in total. The van der Waals surface area contributed by atoms with E-state index in [0.29, 0.717) is 46.8 Å². The first-order chi connectivity index (χ1) is 20.4. The van der Waals surface area contributed by atoms with Crippen LogP contribution < -0.4 is 19.5 Å². The summed E-state index contributed by atoms with van der Waals surface area (Å²) in [5.41, 5.74) is 3.87. The molecule has 0 radical (unpaired) electrons. The molecule has 0 atom stereocenters. The number of halogens is 1. The third kappa shape index (κ3) is 6.71. The first kappa shape index (κ1) is 29.1. The molecule has 2 heterocycles. The number of ether oxygens (including phenoxy) is 2. The summed E-state index contributed by atoms with van der Waals surface area (Å²) in [6.07, 6.45) is 4.11. The second-order valence-electron chi connectivity index (χ2n) is 9.14. The summed E-state index contributed by atoms with van der Waals surface area (Å²) in [5, 5.41) is 8.56. The van der Waals surface area contributed by atoms with Crippen LogP contribution in [0.4, 0.5) is 5.95 Å². The Kier molecular flexibility index (Phi) is 9.01.